The fourth-order valence-electron chi connectivity index (χ4n) is 1.46. The van der Waals surface area contributed by atoms with Gasteiger partial charge in [0.2, 0.25) is 5.91 Å². The average molecular weight is 283 g/mol. The molecule has 0 aromatic carbocycles. The number of hydrogen-bond donors (Lipinski definition) is 3. The standard InChI is InChI=1S/C13H21N3O2S/c1-3-6-14-7-8-15-13(18)12-5-4-11(19-12)9-16-10(2)17/h4-5,14H,3,6-9H2,1-2H3,(H,15,18)(H,16,17). The third-order valence-corrected chi connectivity index (χ3v) is 3.50. The summed E-state index contributed by atoms with van der Waals surface area (Å²) < 4.78 is 0. The van der Waals surface area contributed by atoms with E-state index < -0.39 is 0 Å². The predicted molar refractivity (Wildman–Crippen MR) is 77.3 cm³/mol. The van der Waals surface area contributed by atoms with Crippen LogP contribution in [-0.4, -0.2) is 31.4 Å². The highest BCUT2D eigenvalue weighted by atomic mass is 32.1. The molecule has 1 aromatic rings. The number of carbonyl (C=O) groups excluding carboxylic acids is 2. The number of nitrogens with one attached hydrogen (secondary N) is 3. The van der Waals surface area contributed by atoms with Crippen molar-refractivity contribution in [2.24, 2.45) is 0 Å². The Balaban J connectivity index is 2.30. The summed E-state index contributed by atoms with van der Waals surface area (Å²) in [5, 5.41) is 8.79. The first-order valence-electron chi connectivity index (χ1n) is 6.45. The lowest BCUT2D eigenvalue weighted by Gasteiger charge is -2.04. The van der Waals surface area contributed by atoms with E-state index in [0.717, 1.165) is 24.4 Å². The molecule has 19 heavy (non-hydrogen) atoms. The zero-order chi connectivity index (χ0) is 14.1. The Hall–Kier alpha value is -1.40. The van der Waals surface area contributed by atoms with Crippen molar-refractivity contribution in [1.82, 2.24) is 16.0 Å². The Bertz CT molecular complexity index is 418. The van der Waals surface area contributed by atoms with Crippen LogP contribution >= 0.6 is 11.3 Å². The van der Waals surface area contributed by atoms with Crippen LogP contribution in [0.25, 0.3) is 0 Å². The normalized spacial score (nSPS) is 10.2. The molecule has 0 saturated heterocycles. The van der Waals surface area contributed by atoms with Gasteiger partial charge in [-0.2, -0.15) is 0 Å². The number of amides is 2. The van der Waals surface area contributed by atoms with Gasteiger partial charge in [-0.15, -0.1) is 11.3 Å². The van der Waals surface area contributed by atoms with Gasteiger partial charge in [0, 0.05) is 24.9 Å². The molecule has 5 nitrogen and oxygen atoms in total. The number of hydrogen-bond acceptors (Lipinski definition) is 4. The second kappa shape index (κ2) is 8.66. The quantitative estimate of drug-likeness (QED) is 0.626. The van der Waals surface area contributed by atoms with Crippen molar-refractivity contribution in [3.05, 3.63) is 21.9 Å². The molecule has 2 amide bonds. The highest BCUT2D eigenvalue weighted by Crippen LogP contribution is 2.15. The minimum Gasteiger partial charge on any atom is -0.351 e. The molecule has 0 saturated carbocycles. The van der Waals surface area contributed by atoms with Gasteiger partial charge in [0.1, 0.15) is 0 Å². The van der Waals surface area contributed by atoms with Crippen LogP contribution in [0.4, 0.5) is 0 Å². The molecule has 0 atom stereocenters. The monoisotopic (exact) mass is 283 g/mol. The smallest absolute Gasteiger partial charge is 0.261 e. The lowest BCUT2D eigenvalue weighted by molar-refractivity contribution is -0.119. The molecule has 1 rings (SSSR count). The summed E-state index contributed by atoms with van der Waals surface area (Å²) in [6, 6.07) is 3.65. The van der Waals surface area contributed by atoms with Crippen LogP contribution in [0.1, 0.15) is 34.8 Å². The van der Waals surface area contributed by atoms with Gasteiger partial charge in [0.05, 0.1) is 11.4 Å². The summed E-state index contributed by atoms with van der Waals surface area (Å²) in [5.41, 5.74) is 0. The Morgan fingerprint density at radius 3 is 2.63 bits per heavy atom. The van der Waals surface area contributed by atoms with E-state index in [4.69, 9.17) is 0 Å². The zero-order valence-corrected chi connectivity index (χ0v) is 12.2. The maximum Gasteiger partial charge on any atom is 0.261 e. The fourth-order valence-corrected chi connectivity index (χ4v) is 2.32. The molecule has 0 radical (unpaired) electrons. The van der Waals surface area contributed by atoms with Crippen molar-refractivity contribution in [3.63, 3.8) is 0 Å². The Morgan fingerprint density at radius 1 is 1.16 bits per heavy atom. The van der Waals surface area contributed by atoms with Gasteiger partial charge in [-0.25, -0.2) is 0 Å². The molecule has 1 heterocycles. The van der Waals surface area contributed by atoms with E-state index in [0.29, 0.717) is 18.0 Å². The third-order valence-electron chi connectivity index (χ3n) is 2.41. The molecule has 106 valence electrons. The minimum atomic E-state index is -0.0681. The number of thiophene rings is 1. The van der Waals surface area contributed by atoms with Crippen LogP contribution in [0.2, 0.25) is 0 Å². The number of rotatable bonds is 8. The Labute approximate surface area is 117 Å². The van der Waals surface area contributed by atoms with E-state index in [9.17, 15) is 9.59 Å². The van der Waals surface area contributed by atoms with Crippen molar-refractivity contribution in [1.29, 1.82) is 0 Å². The van der Waals surface area contributed by atoms with Crippen molar-refractivity contribution in [2.45, 2.75) is 26.8 Å². The van der Waals surface area contributed by atoms with Crippen molar-refractivity contribution >= 4 is 23.2 Å². The van der Waals surface area contributed by atoms with Gasteiger partial charge < -0.3 is 16.0 Å². The predicted octanol–water partition coefficient (Wildman–Crippen LogP) is 1.11. The summed E-state index contributed by atoms with van der Waals surface area (Å²) in [6.45, 7) is 6.43. The van der Waals surface area contributed by atoms with Crippen LogP contribution in [0.5, 0.6) is 0 Å². The van der Waals surface area contributed by atoms with Gasteiger partial charge in [0.25, 0.3) is 5.91 Å². The molecule has 0 aliphatic heterocycles. The first kappa shape index (κ1) is 15.7. The highest BCUT2D eigenvalue weighted by Gasteiger charge is 2.08. The molecule has 0 aliphatic carbocycles. The number of carbonyl (C=O) groups is 2. The SMILES string of the molecule is CCCNCCNC(=O)c1ccc(CNC(C)=O)s1. The first-order chi connectivity index (χ1) is 9.13. The molecular formula is C13H21N3O2S. The van der Waals surface area contributed by atoms with Gasteiger partial charge >= 0.3 is 0 Å². The van der Waals surface area contributed by atoms with Crippen LogP contribution < -0.4 is 16.0 Å². The molecular weight excluding hydrogens is 262 g/mol. The van der Waals surface area contributed by atoms with Crippen molar-refractivity contribution in [2.75, 3.05) is 19.6 Å². The summed E-state index contributed by atoms with van der Waals surface area (Å²) in [7, 11) is 0. The van der Waals surface area contributed by atoms with E-state index in [2.05, 4.69) is 22.9 Å². The average Bonchev–Trinajstić information content (AvgIpc) is 2.84. The van der Waals surface area contributed by atoms with Gasteiger partial charge in [-0.3, -0.25) is 9.59 Å². The van der Waals surface area contributed by atoms with Crippen LogP contribution in [0.15, 0.2) is 12.1 Å². The van der Waals surface area contributed by atoms with Gasteiger partial charge in [0.15, 0.2) is 0 Å². The van der Waals surface area contributed by atoms with E-state index in [1.165, 1.54) is 18.3 Å². The largest absolute Gasteiger partial charge is 0.351 e. The van der Waals surface area contributed by atoms with Gasteiger partial charge in [-0.05, 0) is 25.1 Å². The van der Waals surface area contributed by atoms with Crippen molar-refractivity contribution < 1.29 is 9.59 Å². The van der Waals surface area contributed by atoms with Crippen LogP contribution in [-0.2, 0) is 11.3 Å². The Morgan fingerprint density at radius 2 is 1.95 bits per heavy atom. The first-order valence-corrected chi connectivity index (χ1v) is 7.27. The van der Waals surface area contributed by atoms with Gasteiger partial charge in [-0.1, -0.05) is 6.92 Å². The minimum absolute atomic E-state index is 0.0580. The van der Waals surface area contributed by atoms with Crippen LogP contribution in [0, 0.1) is 0 Å². The maximum atomic E-state index is 11.8. The van der Waals surface area contributed by atoms with E-state index in [1.807, 2.05) is 6.07 Å². The zero-order valence-electron chi connectivity index (χ0n) is 11.4. The molecule has 0 spiro atoms. The second-order valence-electron chi connectivity index (χ2n) is 4.18. The molecule has 6 heteroatoms. The second-order valence-corrected chi connectivity index (χ2v) is 5.35. The van der Waals surface area contributed by atoms with Crippen LogP contribution in [0.3, 0.4) is 0 Å². The highest BCUT2D eigenvalue weighted by molar-refractivity contribution is 7.14. The summed E-state index contributed by atoms with van der Waals surface area (Å²) in [5.74, 6) is -0.126. The molecule has 1 aromatic heterocycles. The van der Waals surface area contributed by atoms with E-state index in [-0.39, 0.29) is 11.8 Å². The Kier molecular flexibility index (Phi) is 7.14. The summed E-state index contributed by atoms with van der Waals surface area (Å²) in [4.78, 5) is 24.3. The lowest BCUT2D eigenvalue weighted by atomic mass is 10.4. The van der Waals surface area contributed by atoms with E-state index >= 15 is 0 Å². The molecule has 3 N–H and O–H groups in total. The fraction of sp³-hybridized carbons (Fsp3) is 0.538. The molecule has 0 bridgehead atoms. The maximum absolute atomic E-state index is 11.8. The topological polar surface area (TPSA) is 70.2 Å². The molecule has 0 fully saturated rings. The summed E-state index contributed by atoms with van der Waals surface area (Å²) in [6.07, 6.45) is 1.09. The van der Waals surface area contributed by atoms with E-state index in [1.54, 1.807) is 6.07 Å². The third kappa shape index (κ3) is 6.35. The van der Waals surface area contributed by atoms with Crippen molar-refractivity contribution in [3.8, 4) is 0 Å². The lowest BCUT2D eigenvalue weighted by Crippen LogP contribution is -2.31. The molecule has 0 unspecified atom stereocenters. The molecule has 0 aliphatic rings. The summed E-state index contributed by atoms with van der Waals surface area (Å²) >= 11 is 1.40.